The first-order chi connectivity index (χ1) is 12.1. The van der Waals surface area contributed by atoms with Crippen molar-refractivity contribution in [2.75, 3.05) is 0 Å². The number of nitrogens with zero attached hydrogens (tertiary/aromatic N) is 2. The SMILES string of the molecule is C/C(=N\N=C(/C)c1c(-c2ccc(C)cc2)[nH]oc1=O)c1ccccc1. The second-order valence-electron chi connectivity index (χ2n) is 5.84. The van der Waals surface area contributed by atoms with Gasteiger partial charge in [-0.2, -0.15) is 10.2 Å². The molecule has 0 amide bonds. The fourth-order valence-electron chi connectivity index (χ4n) is 2.49. The maximum atomic E-state index is 12.1. The Kier molecular flexibility index (Phi) is 4.75. The Morgan fingerprint density at radius 1 is 0.920 bits per heavy atom. The summed E-state index contributed by atoms with van der Waals surface area (Å²) >= 11 is 0. The van der Waals surface area contributed by atoms with Crippen LogP contribution < -0.4 is 5.63 Å². The Labute approximate surface area is 145 Å². The maximum Gasteiger partial charge on any atom is 0.366 e. The van der Waals surface area contributed by atoms with Crippen molar-refractivity contribution in [3.8, 4) is 11.3 Å². The molecule has 1 N–H and O–H groups in total. The average molecular weight is 333 g/mol. The van der Waals surface area contributed by atoms with E-state index < -0.39 is 5.63 Å². The zero-order valence-corrected chi connectivity index (χ0v) is 14.4. The number of nitrogens with one attached hydrogen (secondary N) is 1. The third-order valence-corrected chi connectivity index (χ3v) is 3.94. The van der Waals surface area contributed by atoms with Gasteiger partial charge >= 0.3 is 5.63 Å². The number of aromatic nitrogens is 1. The highest BCUT2D eigenvalue weighted by molar-refractivity contribution is 6.04. The second kappa shape index (κ2) is 7.13. The molecule has 5 heteroatoms. The summed E-state index contributed by atoms with van der Waals surface area (Å²) in [6.45, 7) is 5.64. The topological polar surface area (TPSA) is 70.7 Å². The largest absolute Gasteiger partial charge is 0.366 e. The maximum absolute atomic E-state index is 12.1. The van der Waals surface area contributed by atoms with Gasteiger partial charge in [-0.05, 0) is 26.3 Å². The zero-order chi connectivity index (χ0) is 17.8. The zero-order valence-electron chi connectivity index (χ0n) is 14.4. The van der Waals surface area contributed by atoms with Crippen molar-refractivity contribution in [2.45, 2.75) is 20.8 Å². The number of aromatic amines is 1. The van der Waals surface area contributed by atoms with Gasteiger partial charge in [-0.25, -0.2) is 9.95 Å². The fourth-order valence-corrected chi connectivity index (χ4v) is 2.49. The van der Waals surface area contributed by atoms with Crippen LogP contribution in [0.25, 0.3) is 11.3 Å². The van der Waals surface area contributed by atoms with Gasteiger partial charge in [-0.3, -0.25) is 0 Å². The van der Waals surface area contributed by atoms with Crippen molar-refractivity contribution in [2.24, 2.45) is 10.2 Å². The molecule has 0 aliphatic carbocycles. The Bertz CT molecular complexity index is 978. The monoisotopic (exact) mass is 333 g/mol. The van der Waals surface area contributed by atoms with Crippen molar-refractivity contribution in [3.63, 3.8) is 0 Å². The minimum absolute atomic E-state index is 0.397. The van der Waals surface area contributed by atoms with Crippen LogP contribution in [-0.4, -0.2) is 16.6 Å². The van der Waals surface area contributed by atoms with Gasteiger partial charge in [0.25, 0.3) is 0 Å². The third kappa shape index (κ3) is 3.66. The van der Waals surface area contributed by atoms with E-state index in [2.05, 4.69) is 15.4 Å². The van der Waals surface area contributed by atoms with Crippen LogP contribution in [-0.2, 0) is 0 Å². The van der Waals surface area contributed by atoms with Crippen molar-refractivity contribution in [3.05, 3.63) is 81.7 Å². The summed E-state index contributed by atoms with van der Waals surface area (Å²) in [5.74, 6) is 0. The Balaban J connectivity index is 1.98. The summed E-state index contributed by atoms with van der Waals surface area (Å²) in [6.07, 6.45) is 0. The van der Waals surface area contributed by atoms with Gasteiger partial charge in [0.15, 0.2) is 0 Å². The highest BCUT2D eigenvalue weighted by Crippen LogP contribution is 2.21. The predicted molar refractivity (Wildman–Crippen MR) is 100 cm³/mol. The number of rotatable bonds is 4. The molecule has 3 aromatic rings. The van der Waals surface area contributed by atoms with Gasteiger partial charge in [0.2, 0.25) is 0 Å². The minimum Gasteiger partial charge on any atom is -0.338 e. The highest BCUT2D eigenvalue weighted by atomic mass is 16.5. The number of hydrogen-bond donors (Lipinski definition) is 1. The lowest BCUT2D eigenvalue weighted by Gasteiger charge is -2.02. The lowest BCUT2D eigenvalue weighted by Crippen LogP contribution is -2.09. The number of aryl methyl sites for hydroxylation is 1. The molecular weight excluding hydrogens is 314 g/mol. The van der Waals surface area contributed by atoms with Crippen molar-refractivity contribution in [1.82, 2.24) is 5.16 Å². The van der Waals surface area contributed by atoms with Crippen molar-refractivity contribution in [1.29, 1.82) is 0 Å². The standard InChI is InChI=1S/C20H19N3O2/c1-13-9-11-17(12-10-13)19-18(20(24)25-23-19)15(3)22-21-14(2)16-7-5-4-6-8-16/h4-12,23H,1-3H3/b21-14+,22-15+. The molecule has 0 fully saturated rings. The van der Waals surface area contributed by atoms with Gasteiger partial charge < -0.3 is 4.52 Å². The molecule has 0 radical (unpaired) electrons. The summed E-state index contributed by atoms with van der Waals surface area (Å²) in [7, 11) is 0. The van der Waals surface area contributed by atoms with Crippen LogP contribution in [0.3, 0.4) is 0 Å². The van der Waals surface area contributed by atoms with Crippen LogP contribution in [0.1, 0.15) is 30.5 Å². The van der Waals surface area contributed by atoms with Crippen molar-refractivity contribution < 1.29 is 4.52 Å². The van der Waals surface area contributed by atoms with E-state index in [4.69, 9.17) is 4.52 Å². The molecule has 126 valence electrons. The first kappa shape index (κ1) is 16.6. The lowest BCUT2D eigenvalue weighted by atomic mass is 10.0. The first-order valence-electron chi connectivity index (χ1n) is 7.99. The number of benzene rings is 2. The normalized spacial score (nSPS) is 12.4. The predicted octanol–water partition coefficient (Wildman–Crippen LogP) is 4.18. The number of H-pyrrole nitrogens is 1. The van der Waals surface area contributed by atoms with Gasteiger partial charge in [0.05, 0.1) is 17.1 Å². The molecule has 0 unspecified atom stereocenters. The molecule has 1 aromatic heterocycles. The van der Waals surface area contributed by atoms with E-state index >= 15 is 0 Å². The molecule has 3 rings (SSSR count). The van der Waals surface area contributed by atoms with Crippen LogP contribution in [0.4, 0.5) is 0 Å². The number of hydrogen-bond acceptors (Lipinski definition) is 4. The summed E-state index contributed by atoms with van der Waals surface area (Å²) in [4.78, 5) is 12.1. The van der Waals surface area contributed by atoms with Crippen LogP contribution in [0, 0.1) is 6.92 Å². The minimum atomic E-state index is -0.454. The van der Waals surface area contributed by atoms with E-state index in [9.17, 15) is 4.79 Å². The molecule has 1 heterocycles. The fraction of sp³-hybridized carbons (Fsp3) is 0.150. The van der Waals surface area contributed by atoms with Crippen LogP contribution >= 0.6 is 0 Å². The molecule has 0 atom stereocenters. The van der Waals surface area contributed by atoms with Gasteiger partial charge in [0.1, 0.15) is 5.56 Å². The first-order valence-corrected chi connectivity index (χ1v) is 7.99. The molecule has 0 aliphatic rings. The Hall–Kier alpha value is -3.21. The molecule has 0 aliphatic heterocycles. The second-order valence-corrected chi connectivity index (χ2v) is 5.84. The van der Waals surface area contributed by atoms with Gasteiger partial charge in [-0.15, -0.1) is 0 Å². The van der Waals surface area contributed by atoms with Crippen molar-refractivity contribution >= 4 is 11.4 Å². The van der Waals surface area contributed by atoms with E-state index in [1.54, 1.807) is 6.92 Å². The van der Waals surface area contributed by atoms with E-state index in [-0.39, 0.29) is 0 Å². The molecule has 25 heavy (non-hydrogen) atoms. The molecular formula is C20H19N3O2. The third-order valence-electron chi connectivity index (χ3n) is 3.94. The molecule has 2 aromatic carbocycles. The van der Waals surface area contributed by atoms with Gasteiger partial charge in [-0.1, -0.05) is 60.2 Å². The summed E-state index contributed by atoms with van der Waals surface area (Å²) in [5, 5.41) is 11.2. The average Bonchev–Trinajstić information content (AvgIpc) is 3.02. The highest BCUT2D eigenvalue weighted by Gasteiger charge is 2.16. The summed E-state index contributed by atoms with van der Waals surface area (Å²) in [5.41, 5.74) is 4.82. The van der Waals surface area contributed by atoms with E-state index in [1.807, 2.05) is 68.4 Å². The van der Waals surface area contributed by atoms with E-state index in [1.165, 1.54) is 0 Å². The van der Waals surface area contributed by atoms with Crippen LogP contribution in [0.2, 0.25) is 0 Å². The summed E-state index contributed by atoms with van der Waals surface area (Å²) < 4.78 is 4.98. The van der Waals surface area contributed by atoms with Crippen LogP contribution in [0.5, 0.6) is 0 Å². The lowest BCUT2D eigenvalue weighted by molar-refractivity contribution is 0.393. The quantitative estimate of drug-likeness (QED) is 0.575. The Morgan fingerprint density at radius 2 is 1.56 bits per heavy atom. The van der Waals surface area contributed by atoms with E-state index in [0.29, 0.717) is 17.0 Å². The Morgan fingerprint density at radius 3 is 2.24 bits per heavy atom. The molecule has 0 saturated heterocycles. The molecule has 0 saturated carbocycles. The summed E-state index contributed by atoms with van der Waals surface area (Å²) in [6, 6.07) is 17.6. The van der Waals surface area contributed by atoms with Crippen LogP contribution in [0.15, 0.2) is 74.1 Å². The van der Waals surface area contributed by atoms with Gasteiger partial charge in [0, 0.05) is 5.56 Å². The molecule has 0 spiro atoms. The smallest absolute Gasteiger partial charge is 0.338 e. The molecule has 0 bridgehead atoms. The molecule has 5 nitrogen and oxygen atoms in total. The van der Waals surface area contributed by atoms with E-state index in [0.717, 1.165) is 22.4 Å².